The zero-order chi connectivity index (χ0) is 12.3. The van der Waals surface area contributed by atoms with Crippen LogP contribution in [-0.4, -0.2) is 17.8 Å². The average molecular weight is 237 g/mol. The van der Waals surface area contributed by atoms with Crippen LogP contribution in [0.1, 0.15) is 51.9 Å². The van der Waals surface area contributed by atoms with Gasteiger partial charge in [0.1, 0.15) is 0 Å². The Morgan fingerprint density at radius 2 is 2.24 bits per heavy atom. The van der Waals surface area contributed by atoms with Gasteiger partial charge in [-0.25, -0.2) is 0 Å². The van der Waals surface area contributed by atoms with Gasteiger partial charge in [-0.05, 0) is 43.9 Å². The molecular weight excluding hydrogens is 210 g/mol. The van der Waals surface area contributed by atoms with Crippen molar-refractivity contribution in [2.24, 2.45) is 23.0 Å². The normalized spacial score (nSPS) is 40.2. The van der Waals surface area contributed by atoms with Crippen LogP contribution in [0.2, 0.25) is 0 Å². The van der Waals surface area contributed by atoms with Crippen molar-refractivity contribution in [3.63, 3.8) is 0 Å². The number of aliphatic hydroxyl groups is 1. The van der Waals surface area contributed by atoms with E-state index in [0.717, 1.165) is 38.0 Å². The van der Waals surface area contributed by atoms with Crippen molar-refractivity contribution in [1.29, 1.82) is 0 Å². The molecule has 1 fully saturated rings. The zero-order valence-electron chi connectivity index (χ0n) is 11.1. The van der Waals surface area contributed by atoms with E-state index in [1.54, 1.807) is 0 Å². The third-order valence-electron chi connectivity index (χ3n) is 4.92. The Morgan fingerprint density at radius 1 is 1.41 bits per heavy atom. The van der Waals surface area contributed by atoms with E-state index in [4.69, 9.17) is 5.73 Å². The van der Waals surface area contributed by atoms with Crippen molar-refractivity contribution in [2.45, 2.75) is 58.0 Å². The van der Waals surface area contributed by atoms with Crippen LogP contribution in [-0.2, 0) is 0 Å². The molecule has 98 valence electrons. The minimum absolute atomic E-state index is 0.00745. The standard InChI is InChI=1S/C15H27NO/c1-12-6-5-9-15(10-12,11-16)14(17)13-7-3-2-4-8-13/h2-3,12-14,17H,4-11,16H2,1H3. The minimum Gasteiger partial charge on any atom is -0.392 e. The fourth-order valence-corrected chi connectivity index (χ4v) is 3.88. The first-order valence-electron chi connectivity index (χ1n) is 7.21. The molecule has 4 unspecified atom stereocenters. The number of hydrogen-bond acceptors (Lipinski definition) is 2. The molecule has 17 heavy (non-hydrogen) atoms. The minimum atomic E-state index is -0.194. The third kappa shape index (κ3) is 2.74. The summed E-state index contributed by atoms with van der Waals surface area (Å²) in [6.45, 7) is 2.95. The number of hydrogen-bond donors (Lipinski definition) is 2. The van der Waals surface area contributed by atoms with Crippen LogP contribution in [0.25, 0.3) is 0 Å². The van der Waals surface area contributed by atoms with Crippen molar-refractivity contribution in [3.05, 3.63) is 12.2 Å². The molecule has 0 aromatic rings. The zero-order valence-corrected chi connectivity index (χ0v) is 11.1. The molecule has 0 aromatic carbocycles. The summed E-state index contributed by atoms with van der Waals surface area (Å²) < 4.78 is 0. The molecule has 0 aliphatic heterocycles. The molecule has 0 aromatic heterocycles. The fourth-order valence-electron chi connectivity index (χ4n) is 3.88. The molecule has 2 heteroatoms. The Bertz CT molecular complexity index is 276. The van der Waals surface area contributed by atoms with Crippen molar-refractivity contribution in [1.82, 2.24) is 0 Å². The highest BCUT2D eigenvalue weighted by Gasteiger charge is 2.43. The summed E-state index contributed by atoms with van der Waals surface area (Å²) in [5.74, 6) is 1.16. The van der Waals surface area contributed by atoms with Crippen molar-refractivity contribution in [2.75, 3.05) is 6.54 Å². The number of rotatable bonds is 3. The first-order chi connectivity index (χ1) is 8.18. The van der Waals surface area contributed by atoms with Gasteiger partial charge in [0.2, 0.25) is 0 Å². The van der Waals surface area contributed by atoms with Crippen molar-refractivity contribution < 1.29 is 5.11 Å². The van der Waals surface area contributed by atoms with E-state index in [1.165, 1.54) is 12.8 Å². The van der Waals surface area contributed by atoms with E-state index in [9.17, 15) is 5.11 Å². The molecule has 0 bridgehead atoms. The van der Waals surface area contributed by atoms with Gasteiger partial charge in [-0.2, -0.15) is 0 Å². The lowest BCUT2D eigenvalue weighted by molar-refractivity contribution is -0.0493. The molecular formula is C15H27NO. The molecule has 0 amide bonds. The summed E-state index contributed by atoms with van der Waals surface area (Å²) in [5.41, 5.74) is 6.04. The maximum Gasteiger partial charge on any atom is 0.0639 e. The molecule has 3 N–H and O–H groups in total. The Balaban J connectivity index is 2.07. The van der Waals surface area contributed by atoms with E-state index in [1.807, 2.05) is 0 Å². The Labute approximate surface area is 105 Å². The van der Waals surface area contributed by atoms with Gasteiger partial charge in [-0.1, -0.05) is 31.9 Å². The lowest BCUT2D eigenvalue weighted by atomic mass is 9.63. The van der Waals surface area contributed by atoms with Crippen LogP contribution in [0.5, 0.6) is 0 Å². The first-order valence-corrected chi connectivity index (χ1v) is 7.21. The van der Waals surface area contributed by atoms with Gasteiger partial charge in [-0.15, -0.1) is 0 Å². The van der Waals surface area contributed by atoms with Crippen LogP contribution in [0.4, 0.5) is 0 Å². The Morgan fingerprint density at radius 3 is 2.82 bits per heavy atom. The summed E-state index contributed by atoms with van der Waals surface area (Å²) in [7, 11) is 0. The van der Waals surface area contributed by atoms with Gasteiger partial charge in [0.25, 0.3) is 0 Å². The van der Waals surface area contributed by atoms with Crippen LogP contribution in [0, 0.1) is 17.3 Å². The molecule has 2 aliphatic carbocycles. The first kappa shape index (κ1) is 13.1. The molecule has 2 rings (SSSR count). The molecule has 0 radical (unpaired) electrons. The van der Waals surface area contributed by atoms with E-state index in [2.05, 4.69) is 19.1 Å². The molecule has 4 atom stereocenters. The van der Waals surface area contributed by atoms with E-state index in [0.29, 0.717) is 12.5 Å². The number of nitrogens with two attached hydrogens (primary N) is 1. The second-order valence-corrected chi connectivity index (χ2v) is 6.26. The summed E-state index contributed by atoms with van der Waals surface area (Å²) in [6, 6.07) is 0. The van der Waals surface area contributed by atoms with Gasteiger partial charge in [0.05, 0.1) is 6.10 Å². The van der Waals surface area contributed by atoms with Gasteiger partial charge in [0, 0.05) is 12.0 Å². The molecule has 0 heterocycles. The van der Waals surface area contributed by atoms with Gasteiger partial charge in [-0.3, -0.25) is 0 Å². The molecule has 2 nitrogen and oxygen atoms in total. The van der Waals surface area contributed by atoms with E-state index in [-0.39, 0.29) is 11.5 Å². The molecule has 0 saturated heterocycles. The monoisotopic (exact) mass is 237 g/mol. The Kier molecular flexibility index (Phi) is 4.26. The average Bonchev–Trinajstić information content (AvgIpc) is 2.38. The third-order valence-corrected chi connectivity index (χ3v) is 4.92. The summed E-state index contributed by atoms with van der Waals surface area (Å²) in [4.78, 5) is 0. The topological polar surface area (TPSA) is 46.2 Å². The van der Waals surface area contributed by atoms with Crippen LogP contribution >= 0.6 is 0 Å². The van der Waals surface area contributed by atoms with E-state index >= 15 is 0 Å². The summed E-state index contributed by atoms with van der Waals surface area (Å²) in [5, 5.41) is 10.8. The van der Waals surface area contributed by atoms with Crippen LogP contribution < -0.4 is 5.73 Å². The number of allylic oxidation sites excluding steroid dienone is 2. The molecule has 1 saturated carbocycles. The lowest BCUT2D eigenvalue weighted by Crippen LogP contribution is -2.48. The highest BCUT2D eigenvalue weighted by molar-refractivity contribution is 4.99. The maximum absolute atomic E-state index is 10.8. The second-order valence-electron chi connectivity index (χ2n) is 6.26. The predicted molar refractivity (Wildman–Crippen MR) is 71.6 cm³/mol. The maximum atomic E-state index is 10.8. The summed E-state index contributed by atoms with van der Waals surface area (Å²) >= 11 is 0. The quantitative estimate of drug-likeness (QED) is 0.741. The fraction of sp³-hybridized carbons (Fsp3) is 0.867. The SMILES string of the molecule is CC1CCCC(CN)(C(O)C2CC=CCC2)C1. The van der Waals surface area contributed by atoms with E-state index < -0.39 is 0 Å². The van der Waals surface area contributed by atoms with Crippen molar-refractivity contribution >= 4 is 0 Å². The highest BCUT2D eigenvalue weighted by atomic mass is 16.3. The van der Waals surface area contributed by atoms with Gasteiger partial charge in [0.15, 0.2) is 0 Å². The van der Waals surface area contributed by atoms with Gasteiger partial charge < -0.3 is 10.8 Å². The largest absolute Gasteiger partial charge is 0.392 e. The lowest BCUT2D eigenvalue weighted by Gasteiger charge is -2.46. The van der Waals surface area contributed by atoms with Crippen molar-refractivity contribution in [3.8, 4) is 0 Å². The van der Waals surface area contributed by atoms with Gasteiger partial charge >= 0.3 is 0 Å². The molecule has 2 aliphatic rings. The number of aliphatic hydroxyl groups excluding tert-OH is 1. The highest BCUT2D eigenvalue weighted by Crippen LogP contribution is 2.45. The Hall–Kier alpha value is -0.340. The van der Waals surface area contributed by atoms with Crippen LogP contribution in [0.3, 0.4) is 0 Å². The van der Waals surface area contributed by atoms with Crippen LogP contribution in [0.15, 0.2) is 12.2 Å². The second kappa shape index (κ2) is 5.53. The predicted octanol–water partition coefficient (Wildman–Crippen LogP) is 2.86. The smallest absolute Gasteiger partial charge is 0.0639 e. The summed E-state index contributed by atoms with van der Waals surface area (Å²) in [6.07, 6.45) is 12.3. The molecule has 0 spiro atoms.